The SMILES string of the molecule is CCOC(=O)c1nc(Br)n(CCCCO[Si](c2ccccc2)(c2ccccc2)C(C)(C)C)c1C(O)c1ccc(Cl)cc1. The highest BCUT2D eigenvalue weighted by Gasteiger charge is 2.49. The van der Waals surface area contributed by atoms with Crippen molar-refractivity contribution in [1.82, 2.24) is 9.55 Å². The summed E-state index contributed by atoms with van der Waals surface area (Å²) in [6.45, 7) is 9.84. The predicted octanol–water partition coefficient (Wildman–Crippen LogP) is 6.91. The number of ether oxygens (including phenoxy) is 1. The number of aliphatic hydroxyl groups is 1. The largest absolute Gasteiger partial charge is 0.461 e. The summed E-state index contributed by atoms with van der Waals surface area (Å²) in [4.78, 5) is 17.2. The smallest absolute Gasteiger partial charge is 0.358 e. The van der Waals surface area contributed by atoms with Gasteiger partial charge in [-0.15, -0.1) is 0 Å². The van der Waals surface area contributed by atoms with Crippen LogP contribution in [0.1, 0.15) is 68.4 Å². The van der Waals surface area contributed by atoms with Crippen molar-refractivity contribution in [3.05, 3.63) is 112 Å². The molecule has 0 aliphatic rings. The predicted molar refractivity (Wildman–Crippen MR) is 174 cm³/mol. The normalized spacial score (nSPS) is 12.7. The van der Waals surface area contributed by atoms with Crippen LogP contribution in [0.5, 0.6) is 0 Å². The molecule has 1 unspecified atom stereocenters. The summed E-state index contributed by atoms with van der Waals surface area (Å²) >= 11 is 9.58. The van der Waals surface area contributed by atoms with Crippen LogP contribution in [0, 0.1) is 0 Å². The number of benzene rings is 3. The number of aromatic nitrogens is 2. The Kier molecular flexibility index (Phi) is 10.8. The molecular weight excluding hydrogens is 632 g/mol. The maximum absolute atomic E-state index is 12.8. The highest BCUT2D eigenvalue weighted by atomic mass is 79.9. The first-order valence-electron chi connectivity index (χ1n) is 14.2. The van der Waals surface area contributed by atoms with E-state index < -0.39 is 20.4 Å². The minimum atomic E-state index is -2.63. The molecule has 6 nitrogen and oxygen atoms in total. The van der Waals surface area contributed by atoms with Gasteiger partial charge in [-0.3, -0.25) is 0 Å². The fourth-order valence-corrected chi connectivity index (χ4v) is 10.7. The summed E-state index contributed by atoms with van der Waals surface area (Å²) in [5.74, 6) is -0.574. The number of aliphatic hydroxyl groups excluding tert-OH is 1. The summed E-state index contributed by atoms with van der Waals surface area (Å²) in [5.41, 5.74) is 1.08. The molecule has 1 aromatic heterocycles. The summed E-state index contributed by atoms with van der Waals surface area (Å²) in [5, 5.41) is 14.3. The Balaban J connectivity index is 1.57. The van der Waals surface area contributed by atoms with Gasteiger partial charge < -0.3 is 18.8 Å². The van der Waals surface area contributed by atoms with Gasteiger partial charge in [0, 0.05) is 18.2 Å². The molecule has 1 heterocycles. The van der Waals surface area contributed by atoms with Gasteiger partial charge in [0.1, 0.15) is 6.10 Å². The van der Waals surface area contributed by atoms with E-state index in [1.54, 1.807) is 31.2 Å². The van der Waals surface area contributed by atoms with Crippen LogP contribution < -0.4 is 10.4 Å². The van der Waals surface area contributed by atoms with E-state index in [1.165, 1.54) is 10.4 Å². The second-order valence-corrected chi connectivity index (χ2v) is 16.6. The fourth-order valence-electron chi connectivity index (χ4n) is 5.44. The number of hydrogen-bond acceptors (Lipinski definition) is 5. The minimum absolute atomic E-state index is 0.0923. The summed E-state index contributed by atoms with van der Waals surface area (Å²) < 4.78 is 14.6. The third-order valence-electron chi connectivity index (χ3n) is 7.39. The molecule has 0 aliphatic carbocycles. The Morgan fingerprint density at radius 1 is 0.976 bits per heavy atom. The Morgan fingerprint density at radius 2 is 1.55 bits per heavy atom. The lowest BCUT2D eigenvalue weighted by Crippen LogP contribution is -2.66. The molecule has 42 heavy (non-hydrogen) atoms. The average molecular weight is 670 g/mol. The van der Waals surface area contributed by atoms with Crippen molar-refractivity contribution < 1.29 is 19.1 Å². The van der Waals surface area contributed by atoms with Gasteiger partial charge in [0.25, 0.3) is 8.32 Å². The minimum Gasteiger partial charge on any atom is -0.461 e. The van der Waals surface area contributed by atoms with E-state index in [2.05, 4.69) is 90.2 Å². The number of carbonyl (C=O) groups excluding carboxylic acids is 1. The third kappa shape index (κ3) is 6.89. The van der Waals surface area contributed by atoms with Crippen LogP contribution in [0.15, 0.2) is 89.7 Å². The number of nitrogens with zero attached hydrogens (tertiary/aromatic N) is 2. The first-order chi connectivity index (χ1) is 20.1. The van der Waals surface area contributed by atoms with Crippen molar-refractivity contribution in [3.63, 3.8) is 0 Å². The van der Waals surface area contributed by atoms with Crippen molar-refractivity contribution in [2.45, 2.75) is 58.2 Å². The Hall–Kier alpha value is -2.75. The van der Waals surface area contributed by atoms with Crippen LogP contribution in [0.3, 0.4) is 0 Å². The van der Waals surface area contributed by atoms with Crippen molar-refractivity contribution in [3.8, 4) is 0 Å². The second-order valence-electron chi connectivity index (χ2n) is 11.2. The van der Waals surface area contributed by atoms with E-state index in [0.29, 0.717) is 34.2 Å². The lowest BCUT2D eigenvalue weighted by atomic mass is 10.0. The molecule has 4 rings (SSSR count). The number of unbranched alkanes of at least 4 members (excludes halogenated alkanes) is 1. The molecule has 1 atom stereocenters. The number of imidazole rings is 1. The maximum Gasteiger partial charge on any atom is 0.358 e. The van der Waals surface area contributed by atoms with Gasteiger partial charge in [0.15, 0.2) is 10.4 Å². The summed E-state index contributed by atoms with van der Waals surface area (Å²) in [6.07, 6.45) is 0.435. The molecule has 0 saturated carbocycles. The second kappa shape index (κ2) is 14.1. The zero-order valence-electron chi connectivity index (χ0n) is 24.5. The van der Waals surface area contributed by atoms with E-state index in [9.17, 15) is 9.90 Å². The number of esters is 1. The van der Waals surface area contributed by atoms with Crippen LogP contribution in [0.25, 0.3) is 0 Å². The maximum atomic E-state index is 12.8. The summed E-state index contributed by atoms with van der Waals surface area (Å²) in [7, 11) is -2.63. The first-order valence-corrected chi connectivity index (χ1v) is 17.3. The number of hydrogen-bond donors (Lipinski definition) is 1. The van der Waals surface area contributed by atoms with Gasteiger partial charge in [-0.1, -0.05) is 105 Å². The van der Waals surface area contributed by atoms with Crippen LogP contribution in [-0.2, 0) is 15.7 Å². The van der Waals surface area contributed by atoms with Crippen molar-refractivity contribution in [2.24, 2.45) is 0 Å². The number of rotatable bonds is 12. The number of carbonyl (C=O) groups is 1. The molecule has 4 aromatic rings. The molecular formula is C33H38BrClN2O4Si. The van der Waals surface area contributed by atoms with Gasteiger partial charge in [-0.2, -0.15) is 0 Å². The Labute approximate surface area is 262 Å². The molecule has 0 radical (unpaired) electrons. The standard InChI is InChI=1S/C33H38BrClN2O4Si/c1-5-40-31(39)28-29(30(38)24-18-20-25(35)21-19-24)37(32(34)36-28)22-12-13-23-41-42(33(2,3)4,26-14-8-6-9-15-26)27-16-10-7-11-17-27/h6-11,14-21,30,38H,5,12-13,22-23H2,1-4H3. The lowest BCUT2D eigenvalue weighted by Gasteiger charge is -2.43. The zero-order chi connectivity index (χ0) is 30.3. The van der Waals surface area contributed by atoms with Crippen LogP contribution in [-0.4, -0.2) is 42.2 Å². The highest BCUT2D eigenvalue weighted by Crippen LogP contribution is 2.37. The van der Waals surface area contributed by atoms with Crippen LogP contribution in [0.4, 0.5) is 0 Å². The molecule has 0 saturated heterocycles. The third-order valence-corrected chi connectivity index (χ3v) is 13.3. The quantitative estimate of drug-likeness (QED) is 0.101. The summed E-state index contributed by atoms with van der Waals surface area (Å²) in [6, 6.07) is 28.1. The first kappa shape index (κ1) is 32.2. The van der Waals surface area contributed by atoms with Gasteiger partial charge in [-0.25, -0.2) is 9.78 Å². The van der Waals surface area contributed by atoms with E-state index in [-0.39, 0.29) is 17.3 Å². The molecule has 3 aromatic carbocycles. The van der Waals surface area contributed by atoms with Crippen molar-refractivity contribution in [2.75, 3.05) is 13.2 Å². The monoisotopic (exact) mass is 668 g/mol. The Morgan fingerprint density at radius 3 is 2.07 bits per heavy atom. The lowest BCUT2D eigenvalue weighted by molar-refractivity contribution is 0.0513. The average Bonchev–Trinajstić information content (AvgIpc) is 3.31. The van der Waals surface area contributed by atoms with Crippen molar-refractivity contribution in [1.29, 1.82) is 0 Å². The highest BCUT2D eigenvalue weighted by molar-refractivity contribution is 9.10. The molecule has 0 aliphatic heterocycles. The molecule has 9 heteroatoms. The fraction of sp³-hybridized carbons (Fsp3) is 0.333. The Bertz CT molecular complexity index is 1420. The molecule has 222 valence electrons. The van der Waals surface area contributed by atoms with Gasteiger partial charge >= 0.3 is 5.97 Å². The van der Waals surface area contributed by atoms with E-state index in [4.69, 9.17) is 20.8 Å². The van der Waals surface area contributed by atoms with E-state index >= 15 is 0 Å². The molecule has 0 spiro atoms. The van der Waals surface area contributed by atoms with Gasteiger partial charge in [-0.05, 0) is 68.8 Å². The molecule has 0 bridgehead atoms. The van der Waals surface area contributed by atoms with Crippen LogP contribution >= 0.6 is 27.5 Å². The molecule has 0 fully saturated rings. The van der Waals surface area contributed by atoms with Crippen molar-refractivity contribution >= 4 is 52.2 Å². The molecule has 1 N–H and O–H groups in total. The van der Waals surface area contributed by atoms with Gasteiger partial charge in [0.05, 0.1) is 12.3 Å². The van der Waals surface area contributed by atoms with Gasteiger partial charge in [0.2, 0.25) is 0 Å². The number of halogens is 2. The molecule has 0 amide bonds. The topological polar surface area (TPSA) is 73.6 Å². The van der Waals surface area contributed by atoms with E-state index in [1.807, 2.05) is 16.7 Å². The van der Waals surface area contributed by atoms with E-state index in [0.717, 1.165) is 12.8 Å². The van der Waals surface area contributed by atoms with Crippen LogP contribution in [0.2, 0.25) is 10.1 Å². The zero-order valence-corrected chi connectivity index (χ0v) is 27.9.